The molecular weight excluding hydrogens is 503 g/mol. The fraction of sp³-hybridized carbons (Fsp3) is 0.154. The van der Waals surface area contributed by atoms with Crippen LogP contribution in [0, 0.1) is 12.7 Å². The summed E-state index contributed by atoms with van der Waals surface area (Å²) in [5, 5.41) is 13.8. The van der Waals surface area contributed by atoms with Crippen LogP contribution in [0.5, 0.6) is 11.6 Å². The number of hydrogen-bond donors (Lipinski definition) is 2. The van der Waals surface area contributed by atoms with Crippen LogP contribution in [0.2, 0.25) is 5.02 Å². The van der Waals surface area contributed by atoms with Crippen LogP contribution < -0.4 is 10.1 Å². The van der Waals surface area contributed by atoms with Gasteiger partial charge in [-0.25, -0.2) is 9.37 Å². The number of pyridine rings is 1. The third-order valence-electron chi connectivity index (χ3n) is 5.63. The minimum atomic E-state index is -0.377. The Bertz CT molecular complexity index is 1450. The van der Waals surface area contributed by atoms with Crippen LogP contribution in [0.1, 0.15) is 22.4 Å². The van der Waals surface area contributed by atoms with Gasteiger partial charge in [0.05, 0.1) is 23.6 Å². The van der Waals surface area contributed by atoms with Gasteiger partial charge in [0, 0.05) is 40.0 Å². The second kappa shape index (κ2) is 10.2. The van der Waals surface area contributed by atoms with E-state index in [1.165, 1.54) is 36.0 Å². The van der Waals surface area contributed by atoms with Crippen molar-refractivity contribution in [3.63, 3.8) is 0 Å². The first-order valence-electron chi connectivity index (χ1n) is 11.0. The molecule has 2 N–H and O–H groups in total. The summed E-state index contributed by atoms with van der Waals surface area (Å²) in [7, 11) is 0. The van der Waals surface area contributed by atoms with Crippen LogP contribution >= 0.6 is 23.4 Å². The summed E-state index contributed by atoms with van der Waals surface area (Å²) < 4.78 is 19.4. The predicted molar refractivity (Wildman–Crippen MR) is 136 cm³/mol. The Morgan fingerprint density at radius 1 is 1.14 bits per heavy atom. The van der Waals surface area contributed by atoms with E-state index in [1.54, 1.807) is 18.3 Å². The van der Waals surface area contributed by atoms with E-state index in [4.69, 9.17) is 21.3 Å². The number of aliphatic hydroxyl groups is 1. The van der Waals surface area contributed by atoms with Gasteiger partial charge in [0.15, 0.2) is 11.6 Å². The maximum atomic E-state index is 13.2. The largest absolute Gasteiger partial charge is 0.436 e. The van der Waals surface area contributed by atoms with Gasteiger partial charge in [-0.2, -0.15) is 4.98 Å². The van der Waals surface area contributed by atoms with E-state index in [0.29, 0.717) is 50.9 Å². The monoisotopic (exact) mass is 522 g/mol. The molecule has 10 heteroatoms. The minimum Gasteiger partial charge on any atom is -0.436 e. The van der Waals surface area contributed by atoms with E-state index in [1.807, 2.05) is 19.1 Å². The first-order chi connectivity index (χ1) is 17.4. The Morgan fingerprint density at radius 3 is 2.61 bits per heavy atom. The molecule has 3 heterocycles. The standard InChI is InChI=1S/C26H20ClFN4O3S/c1-14-23-20(16(12-33)11-29-14)10-21-25(35-23)31-24(15-2-4-17(27)5-3-15)32-26(21)36-13-22(34)30-19-8-6-18(28)7-9-19/h2-9,11,33H,10,12-13H2,1H3,(H,30,34). The summed E-state index contributed by atoms with van der Waals surface area (Å²) in [5.74, 6) is 0.802. The number of hydrogen-bond acceptors (Lipinski definition) is 7. The Balaban J connectivity index is 1.48. The molecule has 2 aromatic heterocycles. The second-order valence-electron chi connectivity index (χ2n) is 8.10. The summed E-state index contributed by atoms with van der Waals surface area (Å²) in [4.78, 5) is 26.4. The zero-order valence-electron chi connectivity index (χ0n) is 19.1. The molecule has 1 aliphatic heterocycles. The third kappa shape index (κ3) is 5.04. The average molecular weight is 523 g/mol. The first kappa shape index (κ1) is 24.2. The molecule has 182 valence electrons. The van der Waals surface area contributed by atoms with Crippen molar-refractivity contribution in [2.24, 2.45) is 0 Å². The number of aromatic nitrogens is 3. The molecule has 4 aromatic rings. The topological polar surface area (TPSA) is 97.2 Å². The number of anilines is 1. The van der Waals surface area contributed by atoms with Crippen LogP contribution in [0.4, 0.5) is 10.1 Å². The highest BCUT2D eigenvalue weighted by Crippen LogP contribution is 2.42. The van der Waals surface area contributed by atoms with E-state index in [9.17, 15) is 14.3 Å². The molecule has 0 saturated heterocycles. The lowest BCUT2D eigenvalue weighted by Crippen LogP contribution is -2.16. The molecule has 2 aromatic carbocycles. The molecule has 1 amide bonds. The smallest absolute Gasteiger partial charge is 0.234 e. The highest BCUT2D eigenvalue weighted by atomic mass is 35.5. The van der Waals surface area contributed by atoms with Crippen LogP contribution in [0.15, 0.2) is 59.8 Å². The number of thioether (sulfide) groups is 1. The number of nitrogens with zero attached hydrogens (tertiary/aromatic N) is 3. The van der Waals surface area contributed by atoms with Gasteiger partial charge in [-0.05, 0) is 55.5 Å². The van der Waals surface area contributed by atoms with Crippen LogP contribution in [0.25, 0.3) is 11.4 Å². The molecule has 5 rings (SSSR count). The van der Waals surface area contributed by atoms with E-state index in [-0.39, 0.29) is 24.1 Å². The Labute approximate surface area is 215 Å². The van der Waals surface area contributed by atoms with Gasteiger partial charge in [-0.3, -0.25) is 9.78 Å². The SMILES string of the molecule is Cc1ncc(CO)c2c1Oc1nc(-c3ccc(Cl)cc3)nc(SCC(=O)Nc3ccc(F)cc3)c1C2. The van der Waals surface area contributed by atoms with Gasteiger partial charge in [-0.15, -0.1) is 0 Å². The average Bonchev–Trinajstić information content (AvgIpc) is 2.88. The number of ether oxygens (including phenoxy) is 1. The van der Waals surface area contributed by atoms with Crippen molar-refractivity contribution in [1.82, 2.24) is 15.0 Å². The molecule has 0 bridgehead atoms. The fourth-order valence-corrected chi connectivity index (χ4v) is 4.76. The molecule has 0 aliphatic carbocycles. The highest BCUT2D eigenvalue weighted by Gasteiger charge is 2.28. The van der Waals surface area contributed by atoms with Crippen molar-refractivity contribution in [2.75, 3.05) is 11.1 Å². The van der Waals surface area contributed by atoms with Crippen molar-refractivity contribution in [1.29, 1.82) is 0 Å². The molecule has 0 spiro atoms. The number of aryl methyl sites for hydroxylation is 1. The molecule has 1 aliphatic rings. The van der Waals surface area contributed by atoms with Crippen molar-refractivity contribution >= 4 is 35.0 Å². The summed E-state index contributed by atoms with van der Waals surface area (Å²) in [6.45, 7) is 1.66. The number of nitrogens with one attached hydrogen (secondary N) is 1. The lowest BCUT2D eigenvalue weighted by Gasteiger charge is -2.24. The van der Waals surface area contributed by atoms with E-state index >= 15 is 0 Å². The highest BCUT2D eigenvalue weighted by molar-refractivity contribution is 8.00. The molecule has 0 radical (unpaired) electrons. The summed E-state index contributed by atoms with van der Waals surface area (Å²) in [5.41, 5.74) is 4.13. The summed E-state index contributed by atoms with van der Waals surface area (Å²) >= 11 is 7.29. The van der Waals surface area contributed by atoms with Crippen molar-refractivity contribution in [3.05, 3.63) is 88.0 Å². The Kier molecular flexibility index (Phi) is 6.86. The number of fused-ring (bicyclic) bond motifs is 2. The summed E-state index contributed by atoms with van der Waals surface area (Å²) in [6.07, 6.45) is 2.06. The van der Waals surface area contributed by atoms with E-state index < -0.39 is 0 Å². The number of halogens is 2. The lowest BCUT2D eigenvalue weighted by molar-refractivity contribution is -0.113. The predicted octanol–water partition coefficient (Wildman–Crippen LogP) is 5.56. The van der Waals surface area contributed by atoms with Gasteiger partial charge in [0.25, 0.3) is 0 Å². The molecule has 36 heavy (non-hydrogen) atoms. The molecule has 0 saturated carbocycles. The van der Waals surface area contributed by atoms with Crippen molar-refractivity contribution < 1.29 is 19.0 Å². The number of rotatable bonds is 6. The van der Waals surface area contributed by atoms with Gasteiger partial charge >= 0.3 is 0 Å². The van der Waals surface area contributed by atoms with Gasteiger partial charge in [0.1, 0.15) is 10.8 Å². The number of benzene rings is 2. The molecule has 7 nitrogen and oxygen atoms in total. The van der Waals surface area contributed by atoms with Gasteiger partial charge in [-0.1, -0.05) is 23.4 Å². The van der Waals surface area contributed by atoms with Crippen LogP contribution in [-0.2, 0) is 17.8 Å². The third-order valence-corrected chi connectivity index (χ3v) is 6.90. The molecule has 0 fully saturated rings. The Hall–Kier alpha value is -3.53. The van der Waals surface area contributed by atoms with E-state index in [0.717, 1.165) is 16.7 Å². The van der Waals surface area contributed by atoms with Crippen LogP contribution in [-0.4, -0.2) is 31.7 Å². The number of carbonyl (C=O) groups is 1. The molecule has 0 unspecified atom stereocenters. The molecule has 0 atom stereocenters. The maximum Gasteiger partial charge on any atom is 0.234 e. The quantitative estimate of drug-likeness (QED) is 0.222. The normalized spacial score (nSPS) is 11.9. The number of carbonyl (C=O) groups excluding carboxylic acids is 1. The van der Waals surface area contributed by atoms with Crippen molar-refractivity contribution in [3.8, 4) is 23.0 Å². The van der Waals surface area contributed by atoms with Gasteiger partial charge in [0.2, 0.25) is 11.8 Å². The van der Waals surface area contributed by atoms with Gasteiger partial charge < -0.3 is 15.2 Å². The summed E-state index contributed by atoms with van der Waals surface area (Å²) in [6, 6.07) is 12.7. The van der Waals surface area contributed by atoms with Crippen molar-refractivity contribution in [2.45, 2.75) is 25.0 Å². The molecular formula is C26H20ClFN4O3S. The first-order valence-corrected chi connectivity index (χ1v) is 12.4. The lowest BCUT2D eigenvalue weighted by atomic mass is 9.99. The Morgan fingerprint density at radius 2 is 1.89 bits per heavy atom. The zero-order chi connectivity index (χ0) is 25.2. The minimum absolute atomic E-state index is 0.0655. The van der Waals surface area contributed by atoms with E-state index in [2.05, 4.69) is 15.3 Å². The number of amides is 1. The second-order valence-corrected chi connectivity index (χ2v) is 9.50. The number of aliphatic hydroxyl groups excluding tert-OH is 1. The fourth-order valence-electron chi connectivity index (χ4n) is 3.81. The maximum absolute atomic E-state index is 13.2. The zero-order valence-corrected chi connectivity index (χ0v) is 20.7. The van der Waals surface area contributed by atoms with Crippen LogP contribution in [0.3, 0.4) is 0 Å².